The number of anilines is 1. The monoisotopic (exact) mass is 258 g/mol. The van der Waals surface area contributed by atoms with Crippen LogP contribution in [0.2, 0.25) is 0 Å². The highest BCUT2D eigenvalue weighted by atomic mass is 16.3. The third kappa shape index (κ3) is 3.27. The minimum absolute atomic E-state index is 0.495. The summed E-state index contributed by atoms with van der Waals surface area (Å²) in [4.78, 5) is 2.38. The predicted octanol–water partition coefficient (Wildman–Crippen LogP) is 3.38. The van der Waals surface area contributed by atoms with Crippen LogP contribution in [0.5, 0.6) is 0 Å². The van der Waals surface area contributed by atoms with Crippen molar-refractivity contribution in [2.24, 2.45) is 0 Å². The van der Waals surface area contributed by atoms with Gasteiger partial charge in [-0.15, -0.1) is 0 Å². The third-order valence-electron chi connectivity index (χ3n) is 3.66. The van der Waals surface area contributed by atoms with Gasteiger partial charge in [0.2, 0.25) is 0 Å². The van der Waals surface area contributed by atoms with Crippen molar-refractivity contribution in [3.63, 3.8) is 0 Å². The summed E-state index contributed by atoms with van der Waals surface area (Å²) in [7, 11) is 0. The number of hydrogen-bond acceptors (Lipinski definition) is 3. The van der Waals surface area contributed by atoms with Crippen LogP contribution in [0.3, 0.4) is 0 Å². The smallest absolute Gasteiger partial charge is 0.0992 e. The molecule has 0 heterocycles. The van der Waals surface area contributed by atoms with Gasteiger partial charge in [-0.1, -0.05) is 19.4 Å². The molecular formula is C16H22N2O. The first-order valence-corrected chi connectivity index (χ1v) is 7.16. The van der Waals surface area contributed by atoms with Crippen LogP contribution in [0.15, 0.2) is 18.2 Å². The molecule has 0 bridgehead atoms. The van der Waals surface area contributed by atoms with E-state index in [1.807, 2.05) is 12.1 Å². The number of hydrogen-bond donors (Lipinski definition) is 1. The molecule has 0 saturated heterocycles. The number of aliphatic hydroxyl groups excluding tert-OH is 1. The molecule has 1 N–H and O–H groups in total. The van der Waals surface area contributed by atoms with E-state index < -0.39 is 6.10 Å². The Hall–Kier alpha value is -1.53. The van der Waals surface area contributed by atoms with Crippen molar-refractivity contribution in [3.8, 4) is 6.07 Å². The highest BCUT2D eigenvalue weighted by Gasteiger charge is 2.30. The van der Waals surface area contributed by atoms with Crippen LogP contribution < -0.4 is 4.90 Å². The summed E-state index contributed by atoms with van der Waals surface area (Å²) in [6.45, 7) is 4.98. The minimum Gasteiger partial charge on any atom is -0.389 e. The summed E-state index contributed by atoms with van der Waals surface area (Å²) in [5, 5.41) is 19.0. The zero-order valence-corrected chi connectivity index (χ0v) is 11.8. The molecule has 0 unspecified atom stereocenters. The molecule has 0 spiro atoms. The number of aliphatic hydroxyl groups is 1. The van der Waals surface area contributed by atoms with Gasteiger partial charge in [-0.2, -0.15) is 5.26 Å². The maximum absolute atomic E-state index is 9.94. The van der Waals surface area contributed by atoms with Crippen LogP contribution in [-0.2, 0) is 0 Å². The molecule has 1 aliphatic rings. The molecule has 19 heavy (non-hydrogen) atoms. The standard InChI is InChI=1S/C16H22N2O/c1-3-4-9-18(14-6-7-14)16-10-13(11-17)5-8-15(16)12(2)19/h5,8,10,12,14,19H,3-4,6-7,9H2,1-2H3/t12-/m0/s1. The molecule has 1 fully saturated rings. The lowest BCUT2D eigenvalue weighted by Crippen LogP contribution is -2.28. The van der Waals surface area contributed by atoms with Crippen LogP contribution in [-0.4, -0.2) is 17.7 Å². The average molecular weight is 258 g/mol. The second-order valence-electron chi connectivity index (χ2n) is 5.34. The topological polar surface area (TPSA) is 47.3 Å². The number of rotatable bonds is 6. The van der Waals surface area contributed by atoms with Crippen molar-refractivity contribution in [1.29, 1.82) is 5.26 Å². The number of nitrogens with zero attached hydrogens (tertiary/aromatic N) is 2. The molecule has 1 aliphatic carbocycles. The predicted molar refractivity (Wildman–Crippen MR) is 77.1 cm³/mol. The Balaban J connectivity index is 2.35. The lowest BCUT2D eigenvalue weighted by atomic mass is 10.0. The first-order valence-electron chi connectivity index (χ1n) is 7.16. The maximum atomic E-state index is 9.94. The van der Waals surface area contributed by atoms with Crippen LogP contribution in [0.4, 0.5) is 5.69 Å². The van der Waals surface area contributed by atoms with Gasteiger partial charge in [0.15, 0.2) is 0 Å². The van der Waals surface area contributed by atoms with Gasteiger partial charge in [-0.25, -0.2) is 0 Å². The molecule has 0 aromatic heterocycles. The minimum atomic E-state index is -0.495. The van der Waals surface area contributed by atoms with Gasteiger partial charge in [-0.3, -0.25) is 0 Å². The van der Waals surface area contributed by atoms with Gasteiger partial charge in [0.1, 0.15) is 0 Å². The van der Waals surface area contributed by atoms with Gasteiger partial charge < -0.3 is 10.0 Å². The summed E-state index contributed by atoms with van der Waals surface area (Å²) in [6, 6.07) is 8.39. The number of nitriles is 1. The summed E-state index contributed by atoms with van der Waals surface area (Å²) in [6.07, 6.45) is 4.25. The van der Waals surface area contributed by atoms with Gasteiger partial charge in [0, 0.05) is 23.8 Å². The fourth-order valence-corrected chi connectivity index (χ4v) is 2.43. The van der Waals surface area contributed by atoms with Gasteiger partial charge in [0.05, 0.1) is 17.7 Å². The van der Waals surface area contributed by atoms with Crippen molar-refractivity contribution >= 4 is 5.69 Å². The molecule has 0 amide bonds. The van der Waals surface area contributed by atoms with E-state index in [1.54, 1.807) is 13.0 Å². The summed E-state index contributed by atoms with van der Waals surface area (Å²) >= 11 is 0. The molecule has 1 atom stereocenters. The van der Waals surface area contributed by atoms with Crippen LogP contribution in [0, 0.1) is 11.3 Å². The fourth-order valence-electron chi connectivity index (χ4n) is 2.43. The van der Waals surface area contributed by atoms with Crippen molar-refractivity contribution in [3.05, 3.63) is 29.3 Å². The molecular weight excluding hydrogens is 236 g/mol. The van der Waals surface area contributed by atoms with E-state index >= 15 is 0 Å². The molecule has 1 aromatic carbocycles. The summed E-state index contributed by atoms with van der Waals surface area (Å²) < 4.78 is 0. The Morgan fingerprint density at radius 2 is 2.21 bits per heavy atom. The Bertz CT molecular complexity index is 472. The van der Waals surface area contributed by atoms with E-state index in [0.29, 0.717) is 11.6 Å². The van der Waals surface area contributed by atoms with Gasteiger partial charge in [0.25, 0.3) is 0 Å². The number of benzene rings is 1. The molecule has 1 saturated carbocycles. The SMILES string of the molecule is CCCCN(c1cc(C#N)ccc1[C@H](C)O)C1CC1. The van der Waals surface area contributed by atoms with E-state index in [1.165, 1.54) is 12.8 Å². The van der Waals surface area contributed by atoms with Crippen LogP contribution in [0.25, 0.3) is 0 Å². The maximum Gasteiger partial charge on any atom is 0.0992 e. The average Bonchev–Trinajstić information content (AvgIpc) is 3.23. The van der Waals surface area contributed by atoms with E-state index in [0.717, 1.165) is 30.6 Å². The Morgan fingerprint density at radius 3 is 2.74 bits per heavy atom. The van der Waals surface area contributed by atoms with E-state index in [2.05, 4.69) is 17.9 Å². The first kappa shape index (κ1) is 13.9. The Kier molecular flexibility index (Phi) is 4.44. The van der Waals surface area contributed by atoms with E-state index in [4.69, 9.17) is 5.26 Å². The molecule has 1 aromatic rings. The van der Waals surface area contributed by atoms with Crippen molar-refractivity contribution in [1.82, 2.24) is 0 Å². The van der Waals surface area contributed by atoms with E-state index in [9.17, 15) is 5.11 Å². The molecule has 0 aliphatic heterocycles. The molecule has 0 radical (unpaired) electrons. The second kappa shape index (κ2) is 6.08. The number of unbranched alkanes of at least 4 members (excludes halogenated alkanes) is 1. The van der Waals surface area contributed by atoms with Crippen molar-refractivity contribution in [2.45, 2.75) is 51.7 Å². The Labute approximate surface area is 115 Å². The lowest BCUT2D eigenvalue weighted by molar-refractivity contribution is 0.199. The van der Waals surface area contributed by atoms with Crippen LogP contribution in [0.1, 0.15) is 56.8 Å². The lowest BCUT2D eigenvalue weighted by Gasteiger charge is -2.28. The first-order chi connectivity index (χ1) is 9.17. The fraction of sp³-hybridized carbons (Fsp3) is 0.562. The summed E-state index contributed by atoms with van der Waals surface area (Å²) in [5.41, 5.74) is 2.65. The molecule has 2 rings (SSSR count). The largest absolute Gasteiger partial charge is 0.389 e. The van der Waals surface area contributed by atoms with Gasteiger partial charge >= 0.3 is 0 Å². The normalized spacial score (nSPS) is 15.9. The van der Waals surface area contributed by atoms with Crippen LogP contribution >= 0.6 is 0 Å². The third-order valence-corrected chi connectivity index (χ3v) is 3.66. The summed E-state index contributed by atoms with van der Waals surface area (Å²) in [5.74, 6) is 0. The van der Waals surface area contributed by atoms with E-state index in [-0.39, 0.29) is 0 Å². The zero-order valence-electron chi connectivity index (χ0n) is 11.8. The molecule has 3 heteroatoms. The van der Waals surface area contributed by atoms with Crippen molar-refractivity contribution < 1.29 is 5.11 Å². The highest BCUT2D eigenvalue weighted by Crippen LogP contribution is 2.36. The zero-order chi connectivity index (χ0) is 13.8. The van der Waals surface area contributed by atoms with Gasteiger partial charge in [-0.05, 0) is 38.3 Å². The quantitative estimate of drug-likeness (QED) is 0.851. The highest BCUT2D eigenvalue weighted by molar-refractivity contribution is 5.59. The molecule has 102 valence electrons. The van der Waals surface area contributed by atoms with Crippen molar-refractivity contribution in [2.75, 3.05) is 11.4 Å². The molecule has 3 nitrogen and oxygen atoms in total. The Morgan fingerprint density at radius 1 is 1.47 bits per heavy atom. The second-order valence-corrected chi connectivity index (χ2v) is 5.34.